The highest BCUT2D eigenvalue weighted by atomic mass is 32.2. The lowest BCUT2D eigenvalue weighted by Crippen LogP contribution is -2.41. The molecule has 106 valence electrons. The molecule has 2 amide bonds. The van der Waals surface area contributed by atoms with Crippen LogP contribution in [0.2, 0.25) is 0 Å². The lowest BCUT2D eigenvalue weighted by atomic mass is 10.3. The normalized spacial score (nSPS) is 10.9. The third-order valence-corrected chi connectivity index (χ3v) is 3.12. The van der Waals surface area contributed by atoms with Gasteiger partial charge < -0.3 is 0 Å². The maximum Gasteiger partial charge on any atom is 0.262 e. The number of nitrogens with one attached hydrogen (secondary N) is 2. The number of carbonyl (C=O) groups excluding carboxylic acids is 2. The van der Waals surface area contributed by atoms with Gasteiger partial charge in [-0.2, -0.15) is 0 Å². The molecule has 0 aliphatic carbocycles. The predicted molar refractivity (Wildman–Crippen MR) is 77.4 cm³/mol. The molecule has 1 rings (SSSR count). The van der Waals surface area contributed by atoms with Crippen LogP contribution in [0.4, 0.5) is 4.39 Å². The molecule has 0 atom stereocenters. The molecule has 0 aliphatic heterocycles. The van der Waals surface area contributed by atoms with Crippen molar-refractivity contribution in [3.05, 3.63) is 54.4 Å². The van der Waals surface area contributed by atoms with Gasteiger partial charge in [-0.05, 0) is 19.1 Å². The summed E-state index contributed by atoms with van der Waals surface area (Å²) in [6.07, 6.45) is 6.29. The minimum atomic E-state index is -0.438. The molecule has 6 heteroatoms. The van der Waals surface area contributed by atoms with Crippen molar-refractivity contribution in [2.45, 2.75) is 11.8 Å². The van der Waals surface area contributed by atoms with Crippen LogP contribution in [0.3, 0.4) is 0 Å². The molecule has 1 aromatic carbocycles. The van der Waals surface area contributed by atoms with Crippen molar-refractivity contribution >= 4 is 23.6 Å². The maximum atomic E-state index is 13.3. The minimum absolute atomic E-state index is 0.0137. The highest BCUT2D eigenvalue weighted by molar-refractivity contribution is 8.00. The molecule has 2 N–H and O–H groups in total. The molecule has 0 heterocycles. The first-order chi connectivity index (χ1) is 9.63. The first kappa shape index (κ1) is 16.0. The molecule has 0 radical (unpaired) electrons. The van der Waals surface area contributed by atoms with Gasteiger partial charge >= 0.3 is 0 Å². The Morgan fingerprint density at radius 2 is 2.00 bits per heavy atom. The fourth-order valence-corrected chi connectivity index (χ4v) is 1.91. The molecular weight excluding hydrogens is 279 g/mol. The van der Waals surface area contributed by atoms with Gasteiger partial charge in [0.2, 0.25) is 5.91 Å². The average Bonchev–Trinajstić information content (AvgIpc) is 2.44. The van der Waals surface area contributed by atoms with Crippen LogP contribution in [0.1, 0.15) is 6.92 Å². The topological polar surface area (TPSA) is 58.2 Å². The smallest absolute Gasteiger partial charge is 0.262 e. The van der Waals surface area contributed by atoms with Crippen molar-refractivity contribution in [2.75, 3.05) is 5.75 Å². The summed E-state index contributed by atoms with van der Waals surface area (Å²) >= 11 is 1.06. The van der Waals surface area contributed by atoms with Gasteiger partial charge in [-0.25, -0.2) is 4.39 Å². The van der Waals surface area contributed by atoms with Gasteiger partial charge in [-0.1, -0.05) is 30.4 Å². The summed E-state index contributed by atoms with van der Waals surface area (Å²) in [6.45, 7) is 1.82. The quantitative estimate of drug-likeness (QED) is 0.379. The zero-order valence-electron chi connectivity index (χ0n) is 10.9. The van der Waals surface area contributed by atoms with Crippen LogP contribution in [0.15, 0.2) is 53.5 Å². The predicted octanol–water partition coefficient (Wildman–Crippen LogP) is 2.20. The molecule has 0 unspecified atom stereocenters. The van der Waals surface area contributed by atoms with Gasteiger partial charge in [0.25, 0.3) is 5.91 Å². The van der Waals surface area contributed by atoms with Crippen LogP contribution >= 0.6 is 11.8 Å². The van der Waals surface area contributed by atoms with Gasteiger partial charge in [0.15, 0.2) is 0 Å². The summed E-state index contributed by atoms with van der Waals surface area (Å²) in [5, 5.41) is 0. The lowest BCUT2D eigenvalue weighted by Gasteiger charge is -2.05. The first-order valence-electron chi connectivity index (χ1n) is 5.89. The van der Waals surface area contributed by atoms with Crippen molar-refractivity contribution in [1.29, 1.82) is 0 Å². The zero-order chi connectivity index (χ0) is 14.8. The monoisotopic (exact) mass is 294 g/mol. The molecule has 0 spiro atoms. The molecule has 4 nitrogen and oxygen atoms in total. The fraction of sp³-hybridized carbons (Fsp3) is 0.143. The highest BCUT2D eigenvalue weighted by Crippen LogP contribution is 2.20. The molecule has 0 fully saturated rings. The number of hydrazine groups is 1. The Balaban J connectivity index is 2.31. The number of hydrogen-bond donors (Lipinski definition) is 2. The van der Waals surface area contributed by atoms with Crippen LogP contribution in [-0.2, 0) is 9.59 Å². The standard InChI is InChI=1S/C14H15FN2O2S/c1-2-3-4-9-13(18)16-17-14(19)10-20-12-8-6-5-7-11(12)15/h2-9H,10H2,1H3,(H,16,18)(H,17,19)/b3-2+,9-4+. The summed E-state index contributed by atoms with van der Waals surface area (Å²) in [5.74, 6) is -1.21. The van der Waals surface area contributed by atoms with Gasteiger partial charge in [-0.3, -0.25) is 20.4 Å². The van der Waals surface area contributed by atoms with E-state index in [9.17, 15) is 14.0 Å². The number of carbonyl (C=O) groups is 2. The summed E-state index contributed by atoms with van der Waals surface area (Å²) in [7, 11) is 0. The lowest BCUT2D eigenvalue weighted by molar-refractivity contribution is -0.125. The Morgan fingerprint density at radius 3 is 2.70 bits per heavy atom. The third-order valence-electron chi connectivity index (χ3n) is 2.07. The van der Waals surface area contributed by atoms with Crippen molar-refractivity contribution in [2.24, 2.45) is 0 Å². The SMILES string of the molecule is C/C=C/C=C/C(=O)NNC(=O)CSc1ccccc1F. The van der Waals surface area contributed by atoms with E-state index < -0.39 is 11.8 Å². The number of benzene rings is 1. The van der Waals surface area contributed by atoms with Crippen molar-refractivity contribution in [3.63, 3.8) is 0 Å². The Morgan fingerprint density at radius 1 is 1.25 bits per heavy atom. The Bertz CT molecular complexity index is 530. The van der Waals surface area contributed by atoms with Crippen LogP contribution in [0.5, 0.6) is 0 Å². The Labute approximate surface area is 121 Å². The summed E-state index contributed by atoms with van der Waals surface area (Å²) < 4.78 is 13.3. The van der Waals surface area contributed by atoms with E-state index in [0.717, 1.165) is 11.8 Å². The van der Waals surface area contributed by atoms with Crippen LogP contribution < -0.4 is 10.9 Å². The molecule has 0 bridgehead atoms. The van der Waals surface area contributed by atoms with Crippen LogP contribution in [0.25, 0.3) is 0 Å². The van der Waals surface area contributed by atoms with Crippen molar-refractivity contribution < 1.29 is 14.0 Å². The number of hydrogen-bond acceptors (Lipinski definition) is 3. The van der Waals surface area contributed by atoms with Crippen molar-refractivity contribution in [3.8, 4) is 0 Å². The fourth-order valence-electron chi connectivity index (χ4n) is 1.17. The highest BCUT2D eigenvalue weighted by Gasteiger charge is 2.06. The Kier molecular flexibility index (Phi) is 7.13. The van der Waals surface area contributed by atoms with E-state index >= 15 is 0 Å². The maximum absolute atomic E-state index is 13.3. The zero-order valence-corrected chi connectivity index (χ0v) is 11.7. The Hall–Kier alpha value is -2.08. The van der Waals surface area contributed by atoms with Gasteiger partial charge in [0.1, 0.15) is 5.82 Å². The van der Waals surface area contributed by atoms with Crippen LogP contribution in [-0.4, -0.2) is 17.6 Å². The molecule has 0 aromatic heterocycles. The van der Waals surface area contributed by atoms with Crippen molar-refractivity contribution in [1.82, 2.24) is 10.9 Å². The van der Waals surface area contributed by atoms with E-state index in [4.69, 9.17) is 0 Å². The molecule has 0 saturated heterocycles. The molecule has 20 heavy (non-hydrogen) atoms. The second kappa shape index (κ2) is 8.92. The van der Waals surface area contributed by atoms with E-state index in [-0.39, 0.29) is 11.6 Å². The van der Waals surface area contributed by atoms with Gasteiger partial charge in [0.05, 0.1) is 5.75 Å². The molecular formula is C14H15FN2O2S. The third kappa shape index (κ3) is 6.19. The summed E-state index contributed by atoms with van der Waals surface area (Å²) in [5.41, 5.74) is 4.47. The first-order valence-corrected chi connectivity index (χ1v) is 6.87. The number of amides is 2. The van der Waals surface area contributed by atoms with E-state index in [1.807, 2.05) is 6.92 Å². The number of halogens is 1. The van der Waals surface area contributed by atoms with E-state index in [2.05, 4.69) is 10.9 Å². The molecule has 0 saturated carbocycles. The number of allylic oxidation sites excluding steroid dienone is 3. The summed E-state index contributed by atoms with van der Waals surface area (Å²) in [6, 6.07) is 6.19. The van der Waals surface area contributed by atoms with Crippen LogP contribution in [0, 0.1) is 5.82 Å². The second-order valence-corrected chi connectivity index (χ2v) is 4.66. The second-order valence-electron chi connectivity index (χ2n) is 3.64. The van der Waals surface area contributed by atoms with Gasteiger partial charge in [-0.15, -0.1) is 11.8 Å². The average molecular weight is 294 g/mol. The van der Waals surface area contributed by atoms with E-state index in [1.165, 1.54) is 12.1 Å². The minimum Gasteiger partial charge on any atom is -0.272 e. The number of rotatable bonds is 5. The van der Waals surface area contributed by atoms with E-state index in [1.54, 1.807) is 36.4 Å². The molecule has 0 aliphatic rings. The largest absolute Gasteiger partial charge is 0.272 e. The van der Waals surface area contributed by atoms with E-state index in [0.29, 0.717) is 4.90 Å². The number of thioether (sulfide) groups is 1. The summed E-state index contributed by atoms with van der Waals surface area (Å²) in [4.78, 5) is 23.1. The molecule has 1 aromatic rings. The van der Waals surface area contributed by atoms with Gasteiger partial charge in [0, 0.05) is 11.0 Å².